The number of carbonyl (C=O) groups excluding carboxylic acids is 1. The molecular weight excluding hydrogens is 434 g/mol. The van der Waals surface area contributed by atoms with Crippen LogP contribution in [0.1, 0.15) is 32.3 Å². The van der Waals surface area contributed by atoms with Crippen molar-refractivity contribution in [2.24, 2.45) is 0 Å². The topological polar surface area (TPSA) is 69.7 Å². The molecule has 3 aromatic carbocycles. The molecule has 4 rings (SSSR count). The Balaban J connectivity index is 1.41. The second-order valence-corrected chi connectivity index (χ2v) is 10.8. The fraction of sp³-hybridized carbons (Fsp3) is 0.346. The van der Waals surface area contributed by atoms with E-state index < -0.39 is 10.0 Å². The summed E-state index contributed by atoms with van der Waals surface area (Å²) >= 11 is 0. The molecule has 1 amide bonds. The lowest BCUT2D eigenvalue weighted by atomic mass is 10.0. The quantitative estimate of drug-likeness (QED) is 0.589. The predicted molar refractivity (Wildman–Crippen MR) is 133 cm³/mol. The molecule has 1 N–H and O–H groups in total. The maximum atomic E-state index is 13.2. The Kier molecular flexibility index (Phi) is 6.83. The molecule has 0 aliphatic carbocycles. The standard InChI is InChI=1S/C26H31N3O3S/c1-19(2)24-10-6-7-11-25(24)27-26(30)20(3)28-14-16-29(17-15-28)33(31,32)23-13-12-21-8-4-5-9-22(21)18-23/h4-13,18-20H,14-17H2,1-3H3,(H,27,30). The molecule has 1 aliphatic heterocycles. The van der Waals surface area contributed by atoms with Crippen molar-refractivity contribution in [3.63, 3.8) is 0 Å². The number of amides is 1. The first-order valence-electron chi connectivity index (χ1n) is 11.4. The van der Waals surface area contributed by atoms with Gasteiger partial charge in [-0.05, 0) is 47.4 Å². The van der Waals surface area contributed by atoms with Crippen LogP contribution in [0.15, 0.2) is 71.6 Å². The molecule has 0 bridgehead atoms. The van der Waals surface area contributed by atoms with Gasteiger partial charge in [0.15, 0.2) is 0 Å². The molecule has 0 saturated carbocycles. The molecule has 1 atom stereocenters. The summed E-state index contributed by atoms with van der Waals surface area (Å²) < 4.78 is 27.9. The van der Waals surface area contributed by atoms with Crippen molar-refractivity contribution in [3.05, 3.63) is 72.3 Å². The first-order chi connectivity index (χ1) is 15.8. The fourth-order valence-electron chi connectivity index (χ4n) is 4.33. The first-order valence-corrected chi connectivity index (χ1v) is 12.8. The van der Waals surface area contributed by atoms with Crippen molar-refractivity contribution in [2.45, 2.75) is 37.6 Å². The fourth-order valence-corrected chi connectivity index (χ4v) is 5.78. The number of benzene rings is 3. The van der Waals surface area contributed by atoms with Gasteiger partial charge in [0.25, 0.3) is 0 Å². The van der Waals surface area contributed by atoms with Crippen LogP contribution >= 0.6 is 0 Å². The molecule has 0 spiro atoms. The van der Waals surface area contributed by atoms with Crippen molar-refractivity contribution < 1.29 is 13.2 Å². The van der Waals surface area contributed by atoms with E-state index in [2.05, 4.69) is 19.2 Å². The predicted octanol–water partition coefficient (Wildman–Crippen LogP) is 4.30. The van der Waals surface area contributed by atoms with E-state index in [0.717, 1.165) is 22.0 Å². The minimum Gasteiger partial charge on any atom is -0.324 e. The minimum absolute atomic E-state index is 0.0751. The lowest BCUT2D eigenvalue weighted by Gasteiger charge is -2.36. The summed E-state index contributed by atoms with van der Waals surface area (Å²) in [6, 6.07) is 20.5. The number of para-hydroxylation sites is 1. The molecule has 0 radical (unpaired) electrons. The Morgan fingerprint density at radius 2 is 1.48 bits per heavy atom. The van der Waals surface area contributed by atoms with Gasteiger partial charge in [0.2, 0.25) is 15.9 Å². The van der Waals surface area contributed by atoms with Crippen LogP contribution in [0.5, 0.6) is 0 Å². The van der Waals surface area contributed by atoms with Gasteiger partial charge in [0.05, 0.1) is 10.9 Å². The van der Waals surface area contributed by atoms with E-state index in [0.29, 0.717) is 37.0 Å². The summed E-state index contributed by atoms with van der Waals surface area (Å²) in [6.45, 7) is 7.80. The SMILES string of the molecule is CC(C)c1ccccc1NC(=O)C(C)N1CCN(S(=O)(=O)c2ccc3ccccc3c2)CC1. The van der Waals surface area contributed by atoms with Gasteiger partial charge in [-0.1, -0.05) is 62.4 Å². The normalized spacial score (nSPS) is 16.7. The zero-order chi connectivity index (χ0) is 23.6. The Hall–Kier alpha value is -2.74. The average molecular weight is 466 g/mol. The van der Waals surface area contributed by atoms with Crippen LogP contribution in [0, 0.1) is 0 Å². The highest BCUT2D eigenvalue weighted by Crippen LogP contribution is 2.25. The molecule has 7 heteroatoms. The molecule has 33 heavy (non-hydrogen) atoms. The first kappa shape index (κ1) is 23.4. The average Bonchev–Trinajstić information content (AvgIpc) is 2.83. The zero-order valence-corrected chi connectivity index (χ0v) is 20.2. The largest absolute Gasteiger partial charge is 0.324 e. The van der Waals surface area contributed by atoms with Crippen LogP contribution < -0.4 is 5.32 Å². The number of rotatable bonds is 6. The van der Waals surface area contributed by atoms with Gasteiger partial charge in [-0.2, -0.15) is 4.31 Å². The second-order valence-electron chi connectivity index (χ2n) is 8.86. The second kappa shape index (κ2) is 9.63. The third-order valence-corrected chi connectivity index (χ3v) is 8.29. The number of fused-ring (bicyclic) bond motifs is 1. The van der Waals surface area contributed by atoms with E-state index in [1.165, 1.54) is 4.31 Å². The molecule has 6 nitrogen and oxygen atoms in total. The maximum Gasteiger partial charge on any atom is 0.243 e. The van der Waals surface area contributed by atoms with E-state index in [-0.39, 0.29) is 11.9 Å². The Bertz CT molecular complexity index is 1250. The van der Waals surface area contributed by atoms with E-state index in [4.69, 9.17) is 0 Å². The molecule has 1 aliphatic rings. The minimum atomic E-state index is -3.58. The molecule has 1 saturated heterocycles. The smallest absolute Gasteiger partial charge is 0.243 e. The third kappa shape index (κ3) is 4.95. The maximum absolute atomic E-state index is 13.2. The summed E-state index contributed by atoms with van der Waals surface area (Å²) in [7, 11) is -3.58. The Morgan fingerprint density at radius 1 is 0.848 bits per heavy atom. The van der Waals surface area contributed by atoms with Gasteiger partial charge in [-0.15, -0.1) is 0 Å². The molecule has 0 aromatic heterocycles. The van der Waals surface area contributed by atoms with E-state index in [9.17, 15) is 13.2 Å². The van der Waals surface area contributed by atoms with Crippen LogP contribution in [-0.4, -0.2) is 55.8 Å². The highest BCUT2D eigenvalue weighted by Gasteiger charge is 2.32. The van der Waals surface area contributed by atoms with Gasteiger partial charge < -0.3 is 5.32 Å². The number of piperazine rings is 1. The van der Waals surface area contributed by atoms with Crippen molar-refractivity contribution in [1.29, 1.82) is 0 Å². The zero-order valence-electron chi connectivity index (χ0n) is 19.4. The van der Waals surface area contributed by atoms with Crippen LogP contribution in [0.25, 0.3) is 10.8 Å². The van der Waals surface area contributed by atoms with Gasteiger partial charge in [0, 0.05) is 31.9 Å². The Labute approximate surface area is 196 Å². The van der Waals surface area contributed by atoms with Crippen molar-refractivity contribution in [1.82, 2.24) is 9.21 Å². The van der Waals surface area contributed by atoms with Gasteiger partial charge in [-0.25, -0.2) is 8.42 Å². The van der Waals surface area contributed by atoms with Crippen molar-refractivity contribution in [2.75, 3.05) is 31.5 Å². The molecule has 174 valence electrons. The van der Waals surface area contributed by atoms with E-state index in [1.807, 2.05) is 66.4 Å². The molecule has 1 heterocycles. The Morgan fingerprint density at radius 3 is 2.18 bits per heavy atom. The summed E-state index contributed by atoms with van der Waals surface area (Å²) in [5.74, 6) is 0.231. The number of sulfonamides is 1. The number of carbonyl (C=O) groups is 1. The van der Waals surface area contributed by atoms with Gasteiger partial charge in [0.1, 0.15) is 0 Å². The van der Waals surface area contributed by atoms with Crippen molar-refractivity contribution in [3.8, 4) is 0 Å². The highest BCUT2D eigenvalue weighted by atomic mass is 32.2. The number of nitrogens with zero attached hydrogens (tertiary/aromatic N) is 2. The van der Waals surface area contributed by atoms with E-state index >= 15 is 0 Å². The van der Waals surface area contributed by atoms with Crippen molar-refractivity contribution >= 4 is 32.4 Å². The summed E-state index contributed by atoms with van der Waals surface area (Å²) in [5, 5.41) is 4.98. The van der Waals surface area contributed by atoms with Crippen LogP contribution in [-0.2, 0) is 14.8 Å². The van der Waals surface area contributed by atoms with Crippen LogP contribution in [0.3, 0.4) is 0 Å². The summed E-state index contributed by atoms with van der Waals surface area (Å²) in [5.41, 5.74) is 1.94. The molecule has 1 fully saturated rings. The number of hydrogen-bond acceptors (Lipinski definition) is 4. The monoisotopic (exact) mass is 465 g/mol. The van der Waals surface area contributed by atoms with Gasteiger partial charge in [-0.3, -0.25) is 9.69 Å². The molecule has 3 aromatic rings. The summed E-state index contributed by atoms with van der Waals surface area (Å²) in [4.78, 5) is 15.3. The summed E-state index contributed by atoms with van der Waals surface area (Å²) in [6.07, 6.45) is 0. The number of nitrogens with one attached hydrogen (secondary N) is 1. The molecular formula is C26H31N3O3S. The highest BCUT2D eigenvalue weighted by molar-refractivity contribution is 7.89. The molecule has 1 unspecified atom stereocenters. The lowest BCUT2D eigenvalue weighted by Crippen LogP contribution is -2.53. The van der Waals surface area contributed by atoms with Crippen LogP contribution in [0.4, 0.5) is 5.69 Å². The van der Waals surface area contributed by atoms with Gasteiger partial charge >= 0.3 is 0 Å². The van der Waals surface area contributed by atoms with Crippen LogP contribution in [0.2, 0.25) is 0 Å². The number of hydrogen-bond donors (Lipinski definition) is 1. The number of anilines is 1. The lowest BCUT2D eigenvalue weighted by molar-refractivity contribution is -0.121. The third-order valence-electron chi connectivity index (χ3n) is 6.40. The van der Waals surface area contributed by atoms with E-state index in [1.54, 1.807) is 12.1 Å².